The molecular weight excluding hydrogens is 377 g/mol. The number of rotatable bonds is 6. The first-order chi connectivity index (χ1) is 13.1. The third-order valence-electron chi connectivity index (χ3n) is 3.94. The van der Waals surface area contributed by atoms with Crippen molar-refractivity contribution in [3.05, 3.63) is 113 Å². The minimum Gasteiger partial charge on any atom is -0.508 e. The van der Waals surface area contributed by atoms with Gasteiger partial charge in [-0.1, -0.05) is 77.8 Å². The van der Waals surface area contributed by atoms with E-state index in [9.17, 15) is 5.11 Å². The molecule has 27 heavy (non-hydrogen) atoms. The summed E-state index contributed by atoms with van der Waals surface area (Å²) in [5, 5.41) is 14.7. The van der Waals surface area contributed by atoms with Gasteiger partial charge in [0.1, 0.15) is 5.75 Å². The van der Waals surface area contributed by atoms with Crippen molar-refractivity contribution in [2.45, 2.75) is 19.0 Å². The molecule has 0 radical (unpaired) electrons. The molecule has 0 spiro atoms. The molecule has 3 aromatic rings. The van der Waals surface area contributed by atoms with Crippen LogP contribution in [0.25, 0.3) is 0 Å². The van der Waals surface area contributed by atoms with Crippen LogP contribution in [0.15, 0.2) is 91.5 Å². The van der Waals surface area contributed by atoms with Crippen LogP contribution in [0.1, 0.15) is 23.6 Å². The second kappa shape index (κ2) is 11.5. The van der Waals surface area contributed by atoms with E-state index in [1.54, 1.807) is 6.07 Å². The first kappa shape index (κ1) is 21.0. The summed E-state index contributed by atoms with van der Waals surface area (Å²) in [5.74, 6) is 0.313. The van der Waals surface area contributed by atoms with Crippen molar-refractivity contribution < 1.29 is 5.11 Å². The average Bonchev–Trinajstić information content (AvgIpc) is 2.68. The Labute approximate surface area is 171 Å². The maximum atomic E-state index is 9.78. The zero-order chi connectivity index (χ0) is 19.5. The highest BCUT2D eigenvalue weighted by molar-refractivity contribution is 6.30. The fourth-order valence-corrected chi connectivity index (χ4v) is 2.78. The Morgan fingerprint density at radius 2 is 1.44 bits per heavy atom. The fraction of sp³-hybridized carbons (Fsp3) is 0.130. The lowest BCUT2D eigenvalue weighted by Gasteiger charge is -2.18. The number of hydrogen-bond donors (Lipinski definition) is 2. The molecule has 0 aliphatic heterocycles. The van der Waals surface area contributed by atoms with E-state index in [1.807, 2.05) is 78.9 Å². The highest BCUT2D eigenvalue weighted by atomic mass is 35.5. The van der Waals surface area contributed by atoms with E-state index in [1.165, 1.54) is 0 Å². The van der Waals surface area contributed by atoms with Gasteiger partial charge in [-0.05, 0) is 42.3 Å². The van der Waals surface area contributed by atoms with Gasteiger partial charge in [0.15, 0.2) is 0 Å². The lowest BCUT2D eigenvalue weighted by atomic mass is 10.0. The third kappa shape index (κ3) is 7.48. The minimum atomic E-state index is 0.157. The number of halogens is 2. The second-order valence-electron chi connectivity index (χ2n) is 5.93. The van der Waals surface area contributed by atoms with Crippen LogP contribution >= 0.6 is 23.2 Å². The van der Waals surface area contributed by atoms with Gasteiger partial charge in [0.25, 0.3) is 0 Å². The predicted molar refractivity (Wildman–Crippen MR) is 115 cm³/mol. The van der Waals surface area contributed by atoms with E-state index in [0.29, 0.717) is 12.3 Å². The summed E-state index contributed by atoms with van der Waals surface area (Å²) < 4.78 is 0. The molecule has 0 saturated carbocycles. The number of phenolic OH excluding ortho intramolecular Hbond substituents is 1. The molecule has 0 aliphatic carbocycles. The number of benzene rings is 3. The molecule has 2 N–H and O–H groups in total. The van der Waals surface area contributed by atoms with Crippen molar-refractivity contribution in [3.63, 3.8) is 0 Å². The van der Waals surface area contributed by atoms with Crippen molar-refractivity contribution in [3.8, 4) is 5.75 Å². The summed E-state index contributed by atoms with van der Waals surface area (Å²) in [6, 6.07) is 24.7. The maximum absolute atomic E-state index is 9.78. The van der Waals surface area contributed by atoms with E-state index in [2.05, 4.69) is 11.9 Å². The summed E-state index contributed by atoms with van der Waals surface area (Å²) in [6.45, 7) is 4.41. The van der Waals surface area contributed by atoms with Gasteiger partial charge in [-0.3, -0.25) is 0 Å². The number of hydrogen-bond acceptors (Lipinski definition) is 2. The van der Waals surface area contributed by atoms with E-state index >= 15 is 0 Å². The number of nitrogens with one attached hydrogen (secondary N) is 1. The fourth-order valence-electron chi connectivity index (χ4n) is 2.51. The van der Waals surface area contributed by atoms with Crippen molar-refractivity contribution in [2.75, 3.05) is 0 Å². The summed E-state index contributed by atoms with van der Waals surface area (Å²) in [4.78, 5) is 0. The predicted octanol–water partition coefficient (Wildman–Crippen LogP) is 6.79. The van der Waals surface area contributed by atoms with Crippen LogP contribution in [-0.2, 0) is 6.54 Å². The zero-order valence-electron chi connectivity index (χ0n) is 15.0. The van der Waals surface area contributed by atoms with Crippen LogP contribution in [0, 0.1) is 0 Å². The Morgan fingerprint density at radius 3 is 2.00 bits per heavy atom. The molecular formula is C23H23Cl2NO. The molecule has 0 fully saturated rings. The Balaban J connectivity index is 0.000000313. The van der Waals surface area contributed by atoms with Crippen molar-refractivity contribution in [1.82, 2.24) is 5.32 Å². The van der Waals surface area contributed by atoms with Gasteiger partial charge in [-0.25, -0.2) is 0 Å². The molecule has 3 rings (SSSR count). The highest BCUT2D eigenvalue weighted by Gasteiger charge is 2.10. The Bertz CT molecular complexity index is 819. The van der Waals surface area contributed by atoms with E-state index in [0.717, 1.165) is 27.6 Å². The van der Waals surface area contributed by atoms with Crippen molar-refractivity contribution in [2.24, 2.45) is 0 Å². The average molecular weight is 400 g/mol. The first-order valence-corrected chi connectivity index (χ1v) is 9.43. The summed E-state index contributed by atoms with van der Waals surface area (Å²) in [6.07, 6.45) is 2.70. The van der Waals surface area contributed by atoms with Crippen molar-refractivity contribution in [1.29, 1.82) is 0 Å². The van der Waals surface area contributed by atoms with Gasteiger partial charge in [-0.15, -0.1) is 6.58 Å². The summed E-state index contributed by atoms with van der Waals surface area (Å²) in [5.41, 5.74) is 2.04. The third-order valence-corrected chi connectivity index (χ3v) is 4.44. The molecule has 0 aliphatic rings. The number of phenols is 1. The molecule has 4 heteroatoms. The standard InChI is InChI=1S/C17H18ClNO.C6H5Cl/c1-2-5-16(13-8-10-15(18)11-9-13)19-12-14-6-3-4-7-17(14)20;7-6-4-2-1-3-5-6/h2-4,6-11,16,19-20H,1,5,12H2;1-5H/t16-;/m0./s1. The number of para-hydroxylation sites is 1. The van der Waals surface area contributed by atoms with E-state index in [4.69, 9.17) is 23.2 Å². The molecule has 0 bridgehead atoms. The molecule has 0 amide bonds. The monoisotopic (exact) mass is 399 g/mol. The normalized spacial score (nSPS) is 11.2. The molecule has 0 aromatic heterocycles. The lowest BCUT2D eigenvalue weighted by molar-refractivity contribution is 0.457. The van der Waals surface area contributed by atoms with Gasteiger partial charge < -0.3 is 10.4 Å². The maximum Gasteiger partial charge on any atom is 0.120 e. The van der Waals surface area contributed by atoms with Crippen LogP contribution in [0.5, 0.6) is 5.75 Å². The van der Waals surface area contributed by atoms with Crippen LogP contribution in [0.2, 0.25) is 10.0 Å². The molecule has 2 nitrogen and oxygen atoms in total. The molecule has 140 valence electrons. The largest absolute Gasteiger partial charge is 0.508 e. The second-order valence-corrected chi connectivity index (χ2v) is 6.81. The van der Waals surface area contributed by atoms with Crippen molar-refractivity contribution >= 4 is 23.2 Å². The van der Waals surface area contributed by atoms with Gasteiger partial charge in [0.05, 0.1) is 0 Å². The van der Waals surface area contributed by atoms with Gasteiger partial charge in [-0.2, -0.15) is 0 Å². The smallest absolute Gasteiger partial charge is 0.120 e. The zero-order valence-corrected chi connectivity index (χ0v) is 16.5. The van der Waals surface area contributed by atoms with E-state index in [-0.39, 0.29) is 6.04 Å². The van der Waals surface area contributed by atoms with Crippen LogP contribution < -0.4 is 5.32 Å². The van der Waals surface area contributed by atoms with Crippen LogP contribution in [-0.4, -0.2) is 5.11 Å². The van der Waals surface area contributed by atoms with Gasteiger partial charge in [0, 0.05) is 28.2 Å². The van der Waals surface area contributed by atoms with Crippen LogP contribution in [0.3, 0.4) is 0 Å². The Morgan fingerprint density at radius 1 is 0.852 bits per heavy atom. The quantitative estimate of drug-likeness (QED) is 0.447. The topological polar surface area (TPSA) is 32.3 Å². The van der Waals surface area contributed by atoms with E-state index < -0.39 is 0 Å². The molecule has 0 unspecified atom stereocenters. The highest BCUT2D eigenvalue weighted by Crippen LogP contribution is 2.22. The molecule has 0 saturated heterocycles. The minimum absolute atomic E-state index is 0.157. The van der Waals surface area contributed by atoms with Crippen LogP contribution in [0.4, 0.5) is 0 Å². The first-order valence-electron chi connectivity index (χ1n) is 8.67. The summed E-state index contributed by atoms with van der Waals surface area (Å²) in [7, 11) is 0. The molecule has 1 atom stereocenters. The summed E-state index contributed by atoms with van der Waals surface area (Å²) >= 11 is 11.5. The van der Waals surface area contributed by atoms with Gasteiger partial charge in [0.2, 0.25) is 0 Å². The number of aromatic hydroxyl groups is 1. The molecule has 3 aromatic carbocycles. The Hall–Kier alpha value is -2.26. The Kier molecular flexibility index (Phi) is 8.93. The lowest BCUT2D eigenvalue weighted by Crippen LogP contribution is -2.20. The molecule has 0 heterocycles. The SMILES string of the molecule is C=CC[C@H](NCc1ccccc1O)c1ccc(Cl)cc1.Clc1ccccc1. The van der Waals surface area contributed by atoms with Gasteiger partial charge >= 0.3 is 0 Å².